The molecule has 0 radical (unpaired) electrons. The molecule has 1 saturated carbocycles. The molecule has 6 heteroatoms. The van der Waals surface area contributed by atoms with Crippen LogP contribution in [-0.4, -0.2) is 48.7 Å². The maximum Gasteiger partial charge on any atom is 0.410 e. The Labute approximate surface area is 100 Å². The van der Waals surface area contributed by atoms with Gasteiger partial charge in [-0.2, -0.15) is 0 Å². The Balaban J connectivity index is 1.76. The largest absolute Gasteiger partial charge is 0.443 e. The molecule has 1 heterocycles. The third kappa shape index (κ3) is 3.09. The summed E-state index contributed by atoms with van der Waals surface area (Å²) in [4.78, 5) is 24.5. The van der Waals surface area contributed by atoms with Crippen molar-refractivity contribution in [1.82, 2.24) is 10.2 Å². The molecule has 17 heavy (non-hydrogen) atoms. The van der Waals surface area contributed by atoms with Gasteiger partial charge in [0.05, 0.1) is 6.54 Å². The van der Waals surface area contributed by atoms with Crippen molar-refractivity contribution in [3.8, 4) is 0 Å². The quantitative estimate of drug-likeness (QED) is 0.715. The molecule has 1 aliphatic carbocycles. The van der Waals surface area contributed by atoms with Gasteiger partial charge >= 0.3 is 6.09 Å². The standard InChI is InChI=1S/C11H19N3O3/c12-5-9-6-14(11(16)17-9)7-10(15)13-8-3-1-2-4-8/h8-9H,1-7,12H2,(H,13,15). The molecule has 0 spiro atoms. The molecule has 2 fully saturated rings. The van der Waals surface area contributed by atoms with Crippen LogP contribution in [0.4, 0.5) is 4.79 Å². The smallest absolute Gasteiger partial charge is 0.410 e. The summed E-state index contributed by atoms with van der Waals surface area (Å²) < 4.78 is 4.98. The Bertz CT molecular complexity index is 302. The van der Waals surface area contributed by atoms with Gasteiger partial charge in [-0.15, -0.1) is 0 Å². The first kappa shape index (κ1) is 12.2. The predicted molar refractivity (Wildman–Crippen MR) is 61.3 cm³/mol. The number of hydrogen-bond acceptors (Lipinski definition) is 4. The first-order valence-electron chi connectivity index (χ1n) is 6.14. The van der Waals surface area contributed by atoms with Gasteiger partial charge in [0, 0.05) is 12.6 Å². The summed E-state index contributed by atoms with van der Waals surface area (Å²) in [6.45, 7) is 0.783. The fraction of sp³-hybridized carbons (Fsp3) is 0.818. The summed E-state index contributed by atoms with van der Waals surface area (Å²) in [6.07, 6.45) is 3.71. The highest BCUT2D eigenvalue weighted by Crippen LogP contribution is 2.17. The maximum absolute atomic E-state index is 11.7. The number of amides is 2. The van der Waals surface area contributed by atoms with Gasteiger partial charge in [0.25, 0.3) is 0 Å². The maximum atomic E-state index is 11.7. The van der Waals surface area contributed by atoms with Crippen LogP contribution in [0.1, 0.15) is 25.7 Å². The summed E-state index contributed by atoms with van der Waals surface area (Å²) in [5.41, 5.74) is 5.42. The van der Waals surface area contributed by atoms with Gasteiger partial charge in [-0.3, -0.25) is 9.69 Å². The van der Waals surface area contributed by atoms with Crippen molar-refractivity contribution < 1.29 is 14.3 Å². The van der Waals surface area contributed by atoms with Crippen LogP contribution in [0.25, 0.3) is 0 Å². The molecule has 2 rings (SSSR count). The van der Waals surface area contributed by atoms with Gasteiger partial charge in [-0.05, 0) is 12.8 Å². The van der Waals surface area contributed by atoms with Crippen LogP contribution in [0.5, 0.6) is 0 Å². The van der Waals surface area contributed by atoms with E-state index in [1.54, 1.807) is 0 Å². The van der Waals surface area contributed by atoms with Gasteiger partial charge in [-0.1, -0.05) is 12.8 Å². The molecular formula is C11H19N3O3. The minimum absolute atomic E-state index is 0.0752. The zero-order valence-corrected chi connectivity index (χ0v) is 9.85. The summed E-state index contributed by atoms with van der Waals surface area (Å²) >= 11 is 0. The summed E-state index contributed by atoms with van der Waals surface area (Å²) in [5, 5.41) is 2.94. The summed E-state index contributed by atoms with van der Waals surface area (Å²) in [5.74, 6) is -0.105. The summed E-state index contributed by atoms with van der Waals surface area (Å²) in [7, 11) is 0. The highest BCUT2D eigenvalue weighted by molar-refractivity contribution is 5.83. The zero-order chi connectivity index (χ0) is 12.3. The fourth-order valence-corrected chi connectivity index (χ4v) is 2.34. The molecule has 1 unspecified atom stereocenters. The molecule has 6 nitrogen and oxygen atoms in total. The van der Waals surface area contributed by atoms with E-state index in [0.717, 1.165) is 12.8 Å². The predicted octanol–water partition coefficient (Wildman–Crippen LogP) is -0.175. The molecule has 0 bridgehead atoms. The van der Waals surface area contributed by atoms with Crippen LogP contribution < -0.4 is 11.1 Å². The van der Waals surface area contributed by atoms with Crippen molar-refractivity contribution in [2.75, 3.05) is 19.6 Å². The number of nitrogens with two attached hydrogens (primary N) is 1. The third-order valence-corrected chi connectivity index (χ3v) is 3.27. The Morgan fingerprint density at radius 3 is 2.76 bits per heavy atom. The Hall–Kier alpha value is -1.30. The fourth-order valence-electron chi connectivity index (χ4n) is 2.34. The summed E-state index contributed by atoms with van der Waals surface area (Å²) in [6, 6.07) is 0.284. The first-order chi connectivity index (χ1) is 8.19. The van der Waals surface area contributed by atoms with E-state index in [9.17, 15) is 9.59 Å². The van der Waals surface area contributed by atoms with Gasteiger partial charge in [0.15, 0.2) is 0 Å². The second-order valence-corrected chi connectivity index (χ2v) is 4.67. The van der Waals surface area contributed by atoms with Gasteiger partial charge < -0.3 is 15.8 Å². The Morgan fingerprint density at radius 1 is 1.47 bits per heavy atom. The van der Waals surface area contributed by atoms with Gasteiger partial charge in [0.2, 0.25) is 5.91 Å². The first-order valence-corrected chi connectivity index (χ1v) is 6.14. The number of carbonyl (C=O) groups is 2. The molecule has 2 aliphatic rings. The number of ether oxygens (including phenoxy) is 1. The topological polar surface area (TPSA) is 84.7 Å². The lowest BCUT2D eigenvalue weighted by molar-refractivity contribution is -0.122. The van der Waals surface area contributed by atoms with Crippen LogP contribution in [0, 0.1) is 0 Å². The number of carbonyl (C=O) groups excluding carboxylic acids is 2. The SMILES string of the molecule is NCC1CN(CC(=O)NC2CCCC2)C(=O)O1. The lowest BCUT2D eigenvalue weighted by Gasteiger charge is -2.16. The molecule has 0 aromatic rings. The number of nitrogens with zero attached hydrogens (tertiary/aromatic N) is 1. The van der Waals surface area contributed by atoms with Crippen molar-refractivity contribution in [3.63, 3.8) is 0 Å². The van der Waals surface area contributed by atoms with Crippen LogP contribution >= 0.6 is 0 Å². The van der Waals surface area contributed by atoms with Gasteiger partial charge in [0.1, 0.15) is 12.6 Å². The Kier molecular flexibility index (Phi) is 3.83. The number of nitrogens with one attached hydrogen (secondary N) is 1. The van der Waals surface area contributed by atoms with Gasteiger partial charge in [-0.25, -0.2) is 4.79 Å². The zero-order valence-electron chi connectivity index (χ0n) is 9.85. The van der Waals surface area contributed by atoms with Crippen molar-refractivity contribution in [2.45, 2.75) is 37.8 Å². The Morgan fingerprint density at radius 2 is 2.18 bits per heavy atom. The second-order valence-electron chi connectivity index (χ2n) is 4.67. The molecule has 1 saturated heterocycles. The van der Waals surface area contributed by atoms with E-state index in [-0.39, 0.29) is 24.6 Å². The second kappa shape index (κ2) is 5.35. The molecular weight excluding hydrogens is 222 g/mol. The number of rotatable bonds is 4. The van der Waals surface area contributed by atoms with E-state index in [2.05, 4.69) is 5.32 Å². The van der Waals surface area contributed by atoms with Crippen molar-refractivity contribution in [3.05, 3.63) is 0 Å². The lowest BCUT2D eigenvalue weighted by atomic mass is 10.2. The minimum Gasteiger partial charge on any atom is -0.443 e. The van der Waals surface area contributed by atoms with E-state index in [1.807, 2.05) is 0 Å². The molecule has 1 atom stereocenters. The molecule has 0 aromatic carbocycles. The lowest BCUT2D eigenvalue weighted by Crippen LogP contribution is -2.41. The average Bonchev–Trinajstić information content (AvgIpc) is 2.89. The van der Waals surface area contributed by atoms with Crippen molar-refractivity contribution >= 4 is 12.0 Å². The molecule has 3 N–H and O–H groups in total. The molecule has 2 amide bonds. The van der Waals surface area contributed by atoms with Crippen LogP contribution in [0.3, 0.4) is 0 Å². The monoisotopic (exact) mass is 241 g/mol. The number of cyclic esters (lactones) is 1. The molecule has 0 aromatic heterocycles. The minimum atomic E-state index is -0.443. The molecule has 96 valence electrons. The van der Waals surface area contributed by atoms with Crippen molar-refractivity contribution in [2.24, 2.45) is 5.73 Å². The van der Waals surface area contributed by atoms with E-state index < -0.39 is 6.09 Å². The van der Waals surface area contributed by atoms with Crippen LogP contribution in [-0.2, 0) is 9.53 Å². The average molecular weight is 241 g/mol. The van der Waals surface area contributed by atoms with Crippen LogP contribution in [0.15, 0.2) is 0 Å². The normalized spacial score (nSPS) is 25.1. The van der Waals surface area contributed by atoms with E-state index in [1.165, 1.54) is 17.7 Å². The van der Waals surface area contributed by atoms with Crippen molar-refractivity contribution in [1.29, 1.82) is 0 Å². The highest BCUT2D eigenvalue weighted by atomic mass is 16.6. The van der Waals surface area contributed by atoms with E-state index in [0.29, 0.717) is 13.1 Å². The third-order valence-electron chi connectivity index (χ3n) is 3.27. The molecule has 1 aliphatic heterocycles. The number of hydrogen-bond donors (Lipinski definition) is 2. The van der Waals surface area contributed by atoms with E-state index >= 15 is 0 Å². The van der Waals surface area contributed by atoms with E-state index in [4.69, 9.17) is 10.5 Å². The highest BCUT2D eigenvalue weighted by Gasteiger charge is 2.31. The van der Waals surface area contributed by atoms with Crippen LogP contribution in [0.2, 0.25) is 0 Å².